The van der Waals surface area contributed by atoms with E-state index in [4.69, 9.17) is 0 Å². The number of halogens is 2. The largest absolute Gasteiger partial charge is 0.364 e. The highest BCUT2D eigenvalue weighted by atomic mass is 19.1. The fraction of sp³-hybridized carbons (Fsp3) is 0.167. The smallest absolute Gasteiger partial charge is 0.329 e. The maximum absolute atomic E-state index is 13.5. The number of nitrogens with zero attached hydrogens (tertiary/aromatic N) is 3. The summed E-state index contributed by atoms with van der Waals surface area (Å²) in [5, 5.41) is 15.9. The molecule has 1 heterocycles. The highest BCUT2D eigenvalue weighted by Gasteiger charge is 2.18. The van der Waals surface area contributed by atoms with Crippen molar-refractivity contribution in [3.05, 3.63) is 46.1 Å². The van der Waals surface area contributed by atoms with Gasteiger partial charge in [0.05, 0.1) is 4.92 Å². The molecule has 0 atom stereocenters. The SMILES string of the molecule is CCNc1nc(Nc2c(F)cccc2F)ncc1[N+](=O)[O-]. The molecule has 0 saturated heterocycles. The number of hydrogen-bond acceptors (Lipinski definition) is 6. The summed E-state index contributed by atoms with van der Waals surface area (Å²) >= 11 is 0. The van der Waals surface area contributed by atoms with Crippen LogP contribution in [0.15, 0.2) is 24.4 Å². The van der Waals surface area contributed by atoms with Gasteiger partial charge in [0.25, 0.3) is 0 Å². The number of anilines is 3. The molecule has 2 rings (SSSR count). The molecule has 0 spiro atoms. The van der Waals surface area contributed by atoms with E-state index >= 15 is 0 Å². The second-order valence-corrected chi connectivity index (χ2v) is 3.94. The molecular formula is C12H11F2N5O2. The highest BCUT2D eigenvalue weighted by Crippen LogP contribution is 2.25. The van der Waals surface area contributed by atoms with Gasteiger partial charge < -0.3 is 10.6 Å². The normalized spacial score (nSPS) is 10.2. The van der Waals surface area contributed by atoms with Crippen molar-refractivity contribution in [3.8, 4) is 0 Å². The molecule has 0 aliphatic carbocycles. The van der Waals surface area contributed by atoms with Crippen LogP contribution in [-0.4, -0.2) is 21.4 Å². The van der Waals surface area contributed by atoms with Gasteiger partial charge in [-0.2, -0.15) is 4.98 Å². The van der Waals surface area contributed by atoms with Crippen LogP contribution in [0, 0.1) is 21.7 Å². The summed E-state index contributed by atoms with van der Waals surface area (Å²) in [6.07, 6.45) is 0.964. The van der Waals surface area contributed by atoms with Gasteiger partial charge in [0, 0.05) is 6.54 Å². The summed E-state index contributed by atoms with van der Waals surface area (Å²) in [6.45, 7) is 2.13. The van der Waals surface area contributed by atoms with Crippen molar-refractivity contribution in [1.82, 2.24) is 9.97 Å². The van der Waals surface area contributed by atoms with Crippen molar-refractivity contribution in [2.75, 3.05) is 17.2 Å². The first-order chi connectivity index (χ1) is 10.0. The Bertz CT molecular complexity index is 660. The number of rotatable bonds is 5. The predicted octanol–water partition coefficient (Wildman–Crippen LogP) is 2.84. The maximum atomic E-state index is 13.5. The quantitative estimate of drug-likeness (QED) is 0.651. The highest BCUT2D eigenvalue weighted by molar-refractivity contribution is 5.61. The van der Waals surface area contributed by atoms with Gasteiger partial charge in [-0.15, -0.1) is 0 Å². The van der Waals surface area contributed by atoms with Crippen molar-refractivity contribution in [1.29, 1.82) is 0 Å². The zero-order chi connectivity index (χ0) is 15.4. The zero-order valence-corrected chi connectivity index (χ0v) is 10.9. The van der Waals surface area contributed by atoms with Crippen LogP contribution in [0.1, 0.15) is 6.92 Å². The van der Waals surface area contributed by atoms with Gasteiger partial charge in [0.2, 0.25) is 11.8 Å². The molecule has 1 aromatic heterocycles. The van der Waals surface area contributed by atoms with E-state index in [9.17, 15) is 18.9 Å². The molecule has 0 unspecified atom stereocenters. The molecule has 0 amide bonds. The van der Waals surface area contributed by atoms with Gasteiger partial charge in [0.1, 0.15) is 23.5 Å². The predicted molar refractivity (Wildman–Crippen MR) is 72.5 cm³/mol. The van der Waals surface area contributed by atoms with Crippen molar-refractivity contribution < 1.29 is 13.7 Å². The summed E-state index contributed by atoms with van der Waals surface area (Å²) in [5.74, 6) is -1.82. The Labute approximate surface area is 118 Å². The molecule has 21 heavy (non-hydrogen) atoms. The van der Waals surface area contributed by atoms with E-state index in [2.05, 4.69) is 20.6 Å². The van der Waals surface area contributed by atoms with E-state index in [-0.39, 0.29) is 17.5 Å². The molecule has 7 nitrogen and oxygen atoms in total. The Balaban J connectivity index is 2.37. The van der Waals surface area contributed by atoms with E-state index in [1.165, 1.54) is 6.07 Å². The first-order valence-electron chi connectivity index (χ1n) is 5.99. The number of nitro groups is 1. The Morgan fingerprint density at radius 1 is 1.33 bits per heavy atom. The Kier molecular flexibility index (Phi) is 4.21. The van der Waals surface area contributed by atoms with Crippen LogP contribution in [0.4, 0.5) is 31.9 Å². The monoisotopic (exact) mass is 295 g/mol. The first kappa shape index (κ1) is 14.6. The van der Waals surface area contributed by atoms with E-state index in [1.54, 1.807) is 6.92 Å². The maximum Gasteiger partial charge on any atom is 0.329 e. The molecule has 0 bridgehead atoms. The molecule has 0 aliphatic heterocycles. The summed E-state index contributed by atoms with van der Waals surface area (Å²) in [5.41, 5.74) is -0.745. The molecule has 9 heteroatoms. The van der Waals surface area contributed by atoms with Crippen LogP contribution >= 0.6 is 0 Å². The van der Waals surface area contributed by atoms with Crippen LogP contribution in [0.25, 0.3) is 0 Å². The molecule has 0 fully saturated rings. The third-order valence-corrected chi connectivity index (χ3v) is 2.51. The van der Waals surface area contributed by atoms with E-state index in [1.807, 2.05) is 0 Å². The molecule has 2 N–H and O–H groups in total. The van der Waals surface area contributed by atoms with Crippen molar-refractivity contribution in [2.24, 2.45) is 0 Å². The number of hydrogen-bond donors (Lipinski definition) is 2. The minimum absolute atomic E-state index is 0.0308. The number of para-hydroxylation sites is 1. The summed E-state index contributed by atoms with van der Waals surface area (Å²) in [4.78, 5) is 17.7. The van der Waals surface area contributed by atoms with Crippen LogP contribution < -0.4 is 10.6 Å². The lowest BCUT2D eigenvalue weighted by atomic mass is 10.3. The summed E-state index contributed by atoms with van der Waals surface area (Å²) < 4.78 is 27.0. The van der Waals surface area contributed by atoms with E-state index < -0.39 is 22.2 Å². The molecule has 1 aromatic carbocycles. The van der Waals surface area contributed by atoms with Crippen molar-refractivity contribution >= 4 is 23.1 Å². The van der Waals surface area contributed by atoms with Crippen LogP contribution in [0.5, 0.6) is 0 Å². The molecule has 110 valence electrons. The van der Waals surface area contributed by atoms with E-state index in [0.29, 0.717) is 6.54 Å². The number of aromatic nitrogens is 2. The van der Waals surface area contributed by atoms with Crippen LogP contribution in [0.3, 0.4) is 0 Å². The summed E-state index contributed by atoms with van der Waals surface area (Å²) in [7, 11) is 0. The van der Waals surface area contributed by atoms with Gasteiger partial charge in [-0.3, -0.25) is 10.1 Å². The topological polar surface area (TPSA) is 93.0 Å². The van der Waals surface area contributed by atoms with Crippen LogP contribution in [0.2, 0.25) is 0 Å². The first-order valence-corrected chi connectivity index (χ1v) is 5.99. The van der Waals surface area contributed by atoms with Gasteiger partial charge in [-0.1, -0.05) is 6.07 Å². The standard InChI is InChI=1S/C12H11F2N5O2/c1-2-15-11-9(19(20)21)6-16-12(18-11)17-10-7(13)4-3-5-8(10)14/h3-6H,2H2,1H3,(H2,15,16,17,18). The van der Waals surface area contributed by atoms with Crippen molar-refractivity contribution in [3.63, 3.8) is 0 Å². The molecule has 0 saturated carbocycles. The Morgan fingerprint density at radius 3 is 2.57 bits per heavy atom. The van der Waals surface area contributed by atoms with Gasteiger partial charge in [-0.25, -0.2) is 13.8 Å². The Morgan fingerprint density at radius 2 is 2.00 bits per heavy atom. The molecule has 0 aliphatic rings. The zero-order valence-electron chi connectivity index (χ0n) is 10.9. The third-order valence-electron chi connectivity index (χ3n) is 2.51. The van der Waals surface area contributed by atoms with E-state index in [0.717, 1.165) is 18.3 Å². The van der Waals surface area contributed by atoms with Crippen LogP contribution in [-0.2, 0) is 0 Å². The fourth-order valence-corrected chi connectivity index (χ4v) is 1.60. The minimum Gasteiger partial charge on any atom is -0.364 e. The lowest BCUT2D eigenvalue weighted by molar-refractivity contribution is -0.384. The van der Waals surface area contributed by atoms with Gasteiger partial charge >= 0.3 is 5.69 Å². The average molecular weight is 295 g/mol. The molecular weight excluding hydrogens is 284 g/mol. The minimum atomic E-state index is -0.818. The van der Waals surface area contributed by atoms with Gasteiger partial charge in [0.15, 0.2) is 0 Å². The summed E-state index contributed by atoms with van der Waals surface area (Å²) in [6, 6.07) is 3.36. The fourth-order valence-electron chi connectivity index (χ4n) is 1.60. The van der Waals surface area contributed by atoms with Gasteiger partial charge in [-0.05, 0) is 19.1 Å². The number of benzene rings is 1. The van der Waals surface area contributed by atoms with Crippen molar-refractivity contribution in [2.45, 2.75) is 6.92 Å². The average Bonchev–Trinajstić information content (AvgIpc) is 2.43. The lowest BCUT2D eigenvalue weighted by Crippen LogP contribution is -2.08. The second kappa shape index (κ2) is 6.07. The third kappa shape index (κ3) is 3.19. The number of nitrogens with one attached hydrogen (secondary N) is 2. The lowest BCUT2D eigenvalue weighted by Gasteiger charge is -2.09. The molecule has 2 aromatic rings. The molecule has 0 radical (unpaired) electrons. The Hall–Kier alpha value is -2.84. The second-order valence-electron chi connectivity index (χ2n) is 3.94.